The van der Waals surface area contributed by atoms with Gasteiger partial charge in [0.15, 0.2) is 0 Å². The van der Waals surface area contributed by atoms with Gasteiger partial charge in [-0.1, -0.05) is 18.2 Å². The molecular formula is C23H29N4O8PS. The quantitative estimate of drug-likeness (QED) is 0.214. The molecule has 5 N–H and O–H groups in total. The first kappa shape index (κ1) is 27.4. The van der Waals surface area contributed by atoms with E-state index in [-0.39, 0.29) is 17.7 Å². The number of carbonyl (C=O) groups is 1. The molecule has 0 saturated carbocycles. The summed E-state index contributed by atoms with van der Waals surface area (Å²) in [5.74, 6) is -0.125. The maximum absolute atomic E-state index is 13.7. The molecule has 200 valence electrons. The van der Waals surface area contributed by atoms with Gasteiger partial charge in [0.05, 0.1) is 28.5 Å². The predicted octanol–water partition coefficient (Wildman–Crippen LogP) is 2.57. The van der Waals surface area contributed by atoms with Gasteiger partial charge in [0, 0.05) is 5.38 Å². The van der Waals surface area contributed by atoms with Crippen LogP contribution in [0, 0.1) is 0 Å². The van der Waals surface area contributed by atoms with E-state index in [9.17, 15) is 19.6 Å². The van der Waals surface area contributed by atoms with Crippen LogP contribution in [-0.2, 0) is 23.4 Å². The zero-order valence-electron chi connectivity index (χ0n) is 20.4. The molecule has 1 saturated heterocycles. The third-order valence-corrected chi connectivity index (χ3v) is 8.18. The van der Waals surface area contributed by atoms with E-state index in [1.807, 2.05) is 0 Å². The second-order valence-corrected chi connectivity index (χ2v) is 11.3. The van der Waals surface area contributed by atoms with Gasteiger partial charge in [0.1, 0.15) is 48.4 Å². The predicted molar refractivity (Wildman–Crippen MR) is 136 cm³/mol. The number of benzene rings is 1. The maximum Gasteiger partial charge on any atom is 0.459 e. The number of aromatic nitrogens is 2. The molecule has 1 aliphatic heterocycles. The molecule has 1 aliphatic rings. The topological polar surface area (TPSA) is 175 Å². The van der Waals surface area contributed by atoms with E-state index in [4.69, 9.17) is 24.3 Å². The highest BCUT2D eigenvalue weighted by molar-refractivity contribution is 7.52. The Hall–Kier alpha value is -2.64. The Balaban J connectivity index is 1.50. The largest absolute Gasteiger partial charge is 0.462 e. The first-order chi connectivity index (χ1) is 17.6. The summed E-state index contributed by atoms with van der Waals surface area (Å²) in [6, 6.07) is 7.24. The van der Waals surface area contributed by atoms with Crippen molar-refractivity contribution in [3.8, 4) is 5.75 Å². The Labute approximate surface area is 217 Å². The third-order valence-electron chi connectivity index (χ3n) is 5.51. The second kappa shape index (κ2) is 11.4. The fourth-order valence-corrected chi connectivity index (χ4v) is 6.29. The monoisotopic (exact) mass is 552 g/mol. The van der Waals surface area contributed by atoms with Crippen molar-refractivity contribution in [3.05, 3.63) is 46.9 Å². The third kappa shape index (κ3) is 6.27. The zero-order valence-corrected chi connectivity index (χ0v) is 22.1. The van der Waals surface area contributed by atoms with Gasteiger partial charge in [-0.2, -0.15) is 5.09 Å². The molecule has 4 rings (SSSR count). The number of aliphatic hydroxyl groups is 2. The van der Waals surface area contributed by atoms with Crippen LogP contribution in [0.2, 0.25) is 0 Å². The molecule has 0 spiro atoms. The van der Waals surface area contributed by atoms with Crippen molar-refractivity contribution in [2.75, 3.05) is 12.3 Å². The lowest BCUT2D eigenvalue weighted by atomic mass is 10.1. The number of nitrogens with two attached hydrogens (primary N) is 1. The average molecular weight is 553 g/mol. The van der Waals surface area contributed by atoms with Crippen LogP contribution in [0.15, 0.2) is 42.0 Å². The number of para-hydroxylation sites is 1. The van der Waals surface area contributed by atoms with Crippen molar-refractivity contribution in [3.63, 3.8) is 0 Å². The molecule has 0 aliphatic carbocycles. The van der Waals surface area contributed by atoms with Crippen molar-refractivity contribution in [1.82, 2.24) is 15.1 Å². The number of esters is 1. The van der Waals surface area contributed by atoms with E-state index in [2.05, 4.69) is 15.1 Å². The minimum absolute atomic E-state index is 0.232. The number of thiophene rings is 1. The minimum Gasteiger partial charge on any atom is -0.462 e. The van der Waals surface area contributed by atoms with E-state index < -0.39 is 50.8 Å². The van der Waals surface area contributed by atoms with Crippen LogP contribution in [0.25, 0.3) is 10.9 Å². The van der Waals surface area contributed by atoms with Gasteiger partial charge >= 0.3 is 13.7 Å². The van der Waals surface area contributed by atoms with Crippen LogP contribution in [0.5, 0.6) is 5.75 Å². The first-order valence-electron chi connectivity index (χ1n) is 11.5. The molecule has 3 heterocycles. The number of aliphatic hydroxyl groups excluding tert-OH is 2. The van der Waals surface area contributed by atoms with Crippen LogP contribution >= 0.6 is 19.1 Å². The Morgan fingerprint density at radius 3 is 2.65 bits per heavy atom. The van der Waals surface area contributed by atoms with Crippen molar-refractivity contribution < 1.29 is 38.1 Å². The maximum atomic E-state index is 13.7. The van der Waals surface area contributed by atoms with Crippen molar-refractivity contribution in [1.29, 1.82) is 0 Å². The van der Waals surface area contributed by atoms with Gasteiger partial charge in [-0.3, -0.25) is 9.32 Å². The summed E-state index contributed by atoms with van der Waals surface area (Å²) in [7, 11) is -4.18. The van der Waals surface area contributed by atoms with Crippen LogP contribution in [0.4, 0.5) is 5.82 Å². The highest BCUT2D eigenvalue weighted by Crippen LogP contribution is 2.47. The van der Waals surface area contributed by atoms with Gasteiger partial charge in [0.2, 0.25) is 0 Å². The molecule has 0 amide bonds. The molecule has 37 heavy (non-hydrogen) atoms. The van der Waals surface area contributed by atoms with E-state index >= 15 is 0 Å². The van der Waals surface area contributed by atoms with Gasteiger partial charge in [-0.05, 0) is 32.9 Å². The summed E-state index contributed by atoms with van der Waals surface area (Å²) in [6.45, 7) is 4.43. The highest BCUT2D eigenvalue weighted by atomic mass is 32.1. The summed E-state index contributed by atoms with van der Waals surface area (Å²) >= 11 is 1.26. The number of rotatable bonds is 10. The molecule has 3 aromatic rings. The molecule has 6 unspecified atom stereocenters. The lowest BCUT2D eigenvalue weighted by Gasteiger charge is -2.25. The number of nitrogens with one attached hydrogen (secondary N) is 1. The van der Waals surface area contributed by atoms with E-state index in [0.717, 1.165) is 0 Å². The zero-order chi connectivity index (χ0) is 26.7. The Kier molecular flexibility index (Phi) is 8.44. The van der Waals surface area contributed by atoms with Crippen molar-refractivity contribution >= 4 is 41.8 Å². The van der Waals surface area contributed by atoms with E-state index in [1.54, 1.807) is 49.6 Å². The van der Waals surface area contributed by atoms with Gasteiger partial charge < -0.3 is 29.9 Å². The first-order valence-corrected chi connectivity index (χ1v) is 14.0. The van der Waals surface area contributed by atoms with E-state index in [1.165, 1.54) is 24.6 Å². The number of hydrogen-bond donors (Lipinski definition) is 4. The number of carbonyl (C=O) groups excluding carboxylic acids is 1. The van der Waals surface area contributed by atoms with Crippen LogP contribution in [0.1, 0.15) is 31.8 Å². The molecule has 1 aromatic carbocycles. The smallest absolute Gasteiger partial charge is 0.459 e. The molecular weight excluding hydrogens is 523 g/mol. The second-order valence-electron chi connectivity index (χ2n) is 8.73. The molecule has 1 fully saturated rings. The lowest BCUT2D eigenvalue weighted by Crippen LogP contribution is -2.38. The molecule has 2 aromatic heterocycles. The van der Waals surface area contributed by atoms with Crippen molar-refractivity contribution in [2.24, 2.45) is 0 Å². The molecule has 14 heteroatoms. The fourth-order valence-electron chi connectivity index (χ4n) is 3.71. The molecule has 12 nitrogen and oxygen atoms in total. The van der Waals surface area contributed by atoms with Crippen molar-refractivity contribution in [2.45, 2.75) is 57.3 Å². The summed E-state index contributed by atoms with van der Waals surface area (Å²) in [6.07, 6.45) is -3.74. The number of nitrogens with zero attached hydrogens (tertiary/aromatic N) is 2. The number of nitrogen functional groups attached to an aromatic ring is 1. The Bertz CT molecular complexity index is 1280. The summed E-state index contributed by atoms with van der Waals surface area (Å²) < 4.78 is 36.0. The highest BCUT2D eigenvalue weighted by Gasteiger charge is 2.46. The number of hydrogen-bond acceptors (Lipinski definition) is 12. The minimum atomic E-state index is -4.18. The van der Waals surface area contributed by atoms with Gasteiger partial charge in [0.25, 0.3) is 0 Å². The standard InChI is InChI=1S/C23H29N4O8PS/c1-12(2)33-23(30)13(3)27-36(31,35-14-7-5-4-6-8-14)32-9-16-18(28)19(29)20(34-16)21-17-15(10-37-21)22(24)26-11-25-17/h4-8,10-13,16,18-20,28-29H,9H2,1-3H3,(H,27,31)(H2,24,25,26). The number of fused-ring (bicyclic) bond motifs is 1. The van der Waals surface area contributed by atoms with Crippen LogP contribution < -0.4 is 15.3 Å². The van der Waals surface area contributed by atoms with Gasteiger partial charge in [-0.15, -0.1) is 11.3 Å². The Morgan fingerprint density at radius 2 is 1.95 bits per heavy atom. The lowest BCUT2D eigenvalue weighted by molar-refractivity contribution is -0.149. The van der Waals surface area contributed by atoms with Gasteiger partial charge in [-0.25, -0.2) is 14.5 Å². The summed E-state index contributed by atoms with van der Waals surface area (Å²) in [5, 5.41) is 26.3. The average Bonchev–Trinajstić information content (AvgIpc) is 3.40. The molecule has 0 bridgehead atoms. The number of ether oxygens (including phenoxy) is 2. The fraction of sp³-hybridized carbons (Fsp3) is 0.435. The Morgan fingerprint density at radius 1 is 1.22 bits per heavy atom. The SMILES string of the molecule is CC(C)OC(=O)C(C)NP(=O)(OCC1OC(c2scc3c(N)ncnc23)C(O)C1O)Oc1ccccc1. The molecule has 0 radical (unpaired) electrons. The normalized spacial score (nSPS) is 24.2. The van der Waals surface area contributed by atoms with E-state index in [0.29, 0.717) is 15.8 Å². The molecule has 6 atom stereocenters. The summed E-state index contributed by atoms with van der Waals surface area (Å²) in [4.78, 5) is 21.1. The van der Waals surface area contributed by atoms with Crippen LogP contribution in [-0.4, -0.2) is 63.2 Å². The summed E-state index contributed by atoms with van der Waals surface area (Å²) in [5.41, 5.74) is 6.41. The van der Waals surface area contributed by atoms with Crippen LogP contribution in [0.3, 0.4) is 0 Å². The number of anilines is 1.